The minimum absolute atomic E-state index is 0.0406. The summed E-state index contributed by atoms with van der Waals surface area (Å²) < 4.78 is 43.8. The summed E-state index contributed by atoms with van der Waals surface area (Å²) >= 11 is 0. The lowest BCUT2D eigenvalue weighted by molar-refractivity contribution is -0.163. The Hall–Kier alpha value is -4.07. The second-order valence-electron chi connectivity index (χ2n) is 7.27. The van der Waals surface area contributed by atoms with Gasteiger partial charge in [0.1, 0.15) is 6.61 Å². The van der Waals surface area contributed by atoms with Crippen molar-refractivity contribution in [2.45, 2.75) is 18.1 Å². The van der Waals surface area contributed by atoms with Gasteiger partial charge in [0.05, 0.1) is 11.1 Å². The highest BCUT2D eigenvalue weighted by Crippen LogP contribution is 2.35. The van der Waals surface area contributed by atoms with Crippen LogP contribution in [0.5, 0.6) is 0 Å². The van der Waals surface area contributed by atoms with E-state index in [1.807, 2.05) is 0 Å². The van der Waals surface area contributed by atoms with Crippen molar-refractivity contribution in [3.05, 3.63) is 96.1 Å². The van der Waals surface area contributed by atoms with E-state index in [1.54, 1.807) is 66.7 Å². The molecule has 1 saturated heterocycles. The molecule has 2 atom stereocenters. The van der Waals surface area contributed by atoms with Gasteiger partial charge in [0.15, 0.2) is 6.10 Å². The molecule has 3 aromatic carbocycles. The van der Waals surface area contributed by atoms with Crippen molar-refractivity contribution in [2.75, 3.05) is 6.61 Å². The van der Waals surface area contributed by atoms with E-state index >= 15 is 0 Å². The van der Waals surface area contributed by atoms with Crippen molar-refractivity contribution in [1.29, 1.82) is 0 Å². The summed E-state index contributed by atoms with van der Waals surface area (Å²) in [7, 11) is 0. The van der Waals surface area contributed by atoms with Crippen LogP contribution in [0.1, 0.15) is 20.7 Å². The molecular weight excluding hydrogens is 434 g/mol. The van der Waals surface area contributed by atoms with Crippen molar-refractivity contribution in [3.63, 3.8) is 0 Å². The van der Waals surface area contributed by atoms with E-state index in [2.05, 4.69) is 4.74 Å². The molecule has 4 rings (SSSR count). The number of hydrogen-bond acceptors (Lipinski definition) is 6. The summed E-state index contributed by atoms with van der Waals surface area (Å²) in [6.07, 6.45) is -3.92. The van der Waals surface area contributed by atoms with E-state index in [4.69, 9.17) is 9.47 Å². The van der Waals surface area contributed by atoms with E-state index in [1.165, 1.54) is 18.2 Å². The quantitative estimate of drug-likeness (QED) is 0.410. The molecule has 0 unspecified atom stereocenters. The fourth-order valence-corrected chi connectivity index (χ4v) is 3.42. The molecule has 8 heteroatoms. The van der Waals surface area contributed by atoms with Crippen molar-refractivity contribution < 1.29 is 37.4 Å². The Kier molecular flexibility index (Phi) is 6.17. The first kappa shape index (κ1) is 22.1. The minimum atomic E-state index is -4.10. The number of halogens is 2. The number of cyclic esters (lactones) is 1. The molecule has 33 heavy (non-hydrogen) atoms. The lowest BCUT2D eigenvalue weighted by Crippen LogP contribution is -2.43. The van der Waals surface area contributed by atoms with Crippen molar-refractivity contribution >= 4 is 17.9 Å². The molecule has 0 amide bonds. The molecular formula is C25H18F2O6. The van der Waals surface area contributed by atoms with Crippen LogP contribution < -0.4 is 0 Å². The van der Waals surface area contributed by atoms with Crippen molar-refractivity contribution in [2.24, 2.45) is 0 Å². The van der Waals surface area contributed by atoms with Gasteiger partial charge in [0, 0.05) is 0 Å². The van der Waals surface area contributed by atoms with E-state index in [9.17, 15) is 23.2 Å². The Morgan fingerprint density at radius 3 is 2.15 bits per heavy atom. The fraction of sp³-hybridized carbons (Fsp3) is 0.160. The van der Waals surface area contributed by atoms with Gasteiger partial charge in [-0.1, -0.05) is 66.7 Å². The van der Waals surface area contributed by atoms with Gasteiger partial charge in [-0.25, -0.2) is 14.4 Å². The van der Waals surface area contributed by atoms with Crippen molar-refractivity contribution in [3.8, 4) is 11.1 Å². The molecule has 0 N–H and O–H groups in total. The zero-order valence-corrected chi connectivity index (χ0v) is 17.2. The number of carbonyl (C=O) groups excluding carboxylic acids is 3. The van der Waals surface area contributed by atoms with Gasteiger partial charge in [0.2, 0.25) is 6.10 Å². The van der Waals surface area contributed by atoms with Crippen LogP contribution in [0, 0.1) is 0 Å². The highest BCUT2D eigenvalue weighted by atomic mass is 19.3. The predicted octanol–water partition coefficient (Wildman–Crippen LogP) is 4.30. The van der Waals surface area contributed by atoms with E-state index < -0.39 is 42.6 Å². The van der Waals surface area contributed by atoms with E-state index in [0.717, 1.165) is 0 Å². The third-order valence-electron chi connectivity index (χ3n) is 5.08. The zero-order chi connectivity index (χ0) is 23.4. The summed E-state index contributed by atoms with van der Waals surface area (Å²) in [5.74, 6) is -7.79. The Morgan fingerprint density at radius 2 is 1.45 bits per heavy atom. The average Bonchev–Trinajstić information content (AvgIpc) is 3.06. The maximum Gasteiger partial charge on any atom is 0.382 e. The van der Waals surface area contributed by atoms with Crippen LogP contribution in [0.4, 0.5) is 8.78 Å². The molecule has 0 aliphatic carbocycles. The standard InChI is InChI=1S/C25H18F2O6/c26-25(27)21(20(32-24(25)30)15-31-22(28)17-11-5-2-6-12-17)33-23(29)19-14-8-7-13-18(19)16-9-3-1-4-10-16/h1-14,20-21H,15H2/t20-,21-/m1/s1. The Morgan fingerprint density at radius 1 is 0.848 bits per heavy atom. The molecule has 0 bridgehead atoms. The first-order valence-electron chi connectivity index (χ1n) is 10.0. The maximum atomic E-state index is 14.5. The molecule has 1 heterocycles. The number of benzene rings is 3. The monoisotopic (exact) mass is 452 g/mol. The average molecular weight is 452 g/mol. The van der Waals surface area contributed by atoms with Gasteiger partial charge in [-0.05, 0) is 29.3 Å². The van der Waals surface area contributed by atoms with Crippen LogP contribution in [0.2, 0.25) is 0 Å². The van der Waals surface area contributed by atoms with Gasteiger partial charge in [-0.2, -0.15) is 8.78 Å². The minimum Gasteiger partial charge on any atom is -0.458 e. The molecule has 0 saturated carbocycles. The number of alkyl halides is 2. The van der Waals surface area contributed by atoms with Crippen LogP contribution in [-0.4, -0.2) is 42.6 Å². The summed E-state index contributed by atoms with van der Waals surface area (Å²) in [4.78, 5) is 36.7. The Balaban J connectivity index is 1.53. The van der Waals surface area contributed by atoms with Crippen LogP contribution in [0.25, 0.3) is 11.1 Å². The molecule has 6 nitrogen and oxygen atoms in total. The Bertz CT molecular complexity index is 1160. The predicted molar refractivity (Wildman–Crippen MR) is 113 cm³/mol. The molecule has 0 spiro atoms. The van der Waals surface area contributed by atoms with E-state index in [-0.39, 0.29) is 11.1 Å². The summed E-state index contributed by atoms with van der Waals surface area (Å²) in [6, 6.07) is 23.1. The van der Waals surface area contributed by atoms with Gasteiger partial charge in [-0.3, -0.25) is 0 Å². The summed E-state index contributed by atoms with van der Waals surface area (Å²) in [5, 5.41) is 0. The SMILES string of the molecule is O=C(OC[C@H]1OC(=O)C(F)(F)[C@@H]1OC(=O)c1ccccc1-c1ccccc1)c1ccccc1. The lowest BCUT2D eigenvalue weighted by Gasteiger charge is -2.21. The third kappa shape index (κ3) is 4.59. The third-order valence-corrected chi connectivity index (χ3v) is 5.08. The topological polar surface area (TPSA) is 78.9 Å². The summed E-state index contributed by atoms with van der Waals surface area (Å²) in [6.45, 7) is -0.701. The van der Waals surface area contributed by atoms with Crippen LogP contribution in [0.15, 0.2) is 84.9 Å². The number of ether oxygens (including phenoxy) is 3. The maximum absolute atomic E-state index is 14.5. The molecule has 3 aromatic rings. The first-order valence-corrected chi connectivity index (χ1v) is 10.0. The summed E-state index contributed by atoms with van der Waals surface area (Å²) in [5.41, 5.74) is 1.39. The smallest absolute Gasteiger partial charge is 0.382 e. The molecule has 1 aliphatic rings. The normalized spacial score (nSPS) is 18.9. The molecule has 168 valence electrons. The highest BCUT2D eigenvalue weighted by Gasteiger charge is 2.63. The van der Waals surface area contributed by atoms with Crippen LogP contribution >= 0.6 is 0 Å². The molecule has 0 aromatic heterocycles. The highest BCUT2D eigenvalue weighted by molar-refractivity contribution is 5.98. The molecule has 0 radical (unpaired) electrons. The number of carbonyl (C=O) groups is 3. The van der Waals surface area contributed by atoms with Gasteiger partial charge < -0.3 is 14.2 Å². The Labute approximate surface area is 187 Å². The van der Waals surface area contributed by atoms with Crippen LogP contribution in [-0.2, 0) is 19.0 Å². The second kappa shape index (κ2) is 9.20. The van der Waals surface area contributed by atoms with Crippen LogP contribution in [0.3, 0.4) is 0 Å². The number of esters is 3. The molecule has 1 fully saturated rings. The molecule has 1 aliphatic heterocycles. The van der Waals surface area contributed by atoms with Gasteiger partial charge in [0.25, 0.3) is 0 Å². The van der Waals surface area contributed by atoms with E-state index in [0.29, 0.717) is 11.1 Å². The fourth-order valence-electron chi connectivity index (χ4n) is 3.42. The second-order valence-corrected chi connectivity index (χ2v) is 7.27. The zero-order valence-electron chi connectivity index (χ0n) is 17.2. The number of hydrogen-bond donors (Lipinski definition) is 0. The lowest BCUT2D eigenvalue weighted by atomic mass is 10.00. The van der Waals surface area contributed by atoms with Gasteiger partial charge in [-0.15, -0.1) is 0 Å². The van der Waals surface area contributed by atoms with Gasteiger partial charge >= 0.3 is 23.8 Å². The first-order chi connectivity index (χ1) is 15.9. The van der Waals surface area contributed by atoms with Crippen molar-refractivity contribution in [1.82, 2.24) is 0 Å². The largest absolute Gasteiger partial charge is 0.458 e. The number of rotatable bonds is 6.